The van der Waals surface area contributed by atoms with Gasteiger partial charge in [0.25, 0.3) is 0 Å². The van der Waals surface area contributed by atoms with Crippen LogP contribution in [0.25, 0.3) is 0 Å². The molecule has 1 aromatic rings. The molecule has 5 nitrogen and oxygen atoms in total. The maximum absolute atomic E-state index is 13.7. The summed E-state index contributed by atoms with van der Waals surface area (Å²) in [4.78, 5) is 17.5. The molecular weight excluding hydrogens is 273 g/mol. The third-order valence-electron chi connectivity index (χ3n) is 3.78. The number of piperazine rings is 1. The largest absolute Gasteiger partial charge is 0.478 e. The molecule has 1 N–H and O–H groups in total. The first-order valence-electron chi connectivity index (χ1n) is 7.12. The Hall–Kier alpha value is -1.66. The van der Waals surface area contributed by atoms with Gasteiger partial charge in [-0.15, -0.1) is 0 Å². The van der Waals surface area contributed by atoms with E-state index in [9.17, 15) is 9.18 Å². The molecule has 0 bridgehead atoms. The van der Waals surface area contributed by atoms with E-state index in [0.29, 0.717) is 0 Å². The van der Waals surface area contributed by atoms with Crippen molar-refractivity contribution in [3.05, 3.63) is 29.6 Å². The van der Waals surface area contributed by atoms with Crippen LogP contribution in [0.4, 0.5) is 10.1 Å². The lowest BCUT2D eigenvalue weighted by molar-refractivity contribution is 0.0692. The number of likely N-dealkylation sites (N-methyl/N-ethyl adjacent to an activating group) is 1. The summed E-state index contributed by atoms with van der Waals surface area (Å²) in [6, 6.07) is 4.34. The van der Waals surface area contributed by atoms with E-state index in [4.69, 9.17) is 5.11 Å². The number of hydrogen-bond acceptors (Lipinski definition) is 4. The van der Waals surface area contributed by atoms with Crippen molar-refractivity contribution in [1.82, 2.24) is 9.80 Å². The average molecular weight is 295 g/mol. The highest BCUT2D eigenvalue weighted by Crippen LogP contribution is 2.20. The molecule has 1 aliphatic rings. The summed E-state index contributed by atoms with van der Waals surface area (Å²) in [6.45, 7) is 5.61. The topological polar surface area (TPSA) is 47.0 Å². The minimum absolute atomic E-state index is 0.275. The molecule has 21 heavy (non-hydrogen) atoms. The van der Waals surface area contributed by atoms with Gasteiger partial charge in [-0.05, 0) is 32.3 Å². The van der Waals surface area contributed by atoms with Crippen LogP contribution in [0.15, 0.2) is 18.2 Å². The molecule has 0 unspecified atom stereocenters. The Kier molecular flexibility index (Phi) is 5.14. The van der Waals surface area contributed by atoms with Crippen LogP contribution < -0.4 is 4.90 Å². The number of carboxylic acid groups (broad SMARTS) is 1. The summed E-state index contributed by atoms with van der Waals surface area (Å²) in [5.41, 5.74) is 0.480. The fourth-order valence-electron chi connectivity index (χ4n) is 2.45. The molecule has 0 atom stereocenters. The number of aromatic carboxylic acids is 1. The van der Waals surface area contributed by atoms with Gasteiger partial charge in [-0.2, -0.15) is 0 Å². The lowest BCUT2D eigenvalue weighted by Gasteiger charge is -2.36. The van der Waals surface area contributed by atoms with Gasteiger partial charge in [0, 0.05) is 45.0 Å². The third kappa shape index (κ3) is 4.15. The van der Waals surface area contributed by atoms with Gasteiger partial charge < -0.3 is 14.9 Å². The molecule has 6 heteroatoms. The maximum atomic E-state index is 13.7. The zero-order valence-electron chi connectivity index (χ0n) is 12.5. The van der Waals surface area contributed by atoms with Crippen LogP contribution in [0, 0.1) is 5.82 Å². The van der Waals surface area contributed by atoms with E-state index in [1.54, 1.807) is 6.07 Å². The van der Waals surface area contributed by atoms with Crippen LogP contribution in [0.3, 0.4) is 0 Å². The van der Waals surface area contributed by atoms with Crippen molar-refractivity contribution < 1.29 is 14.3 Å². The molecule has 1 aromatic carbocycles. The number of halogens is 1. The number of carbonyl (C=O) groups is 1. The number of nitrogens with zero attached hydrogens (tertiary/aromatic N) is 3. The second kappa shape index (κ2) is 6.87. The highest BCUT2D eigenvalue weighted by atomic mass is 19.1. The van der Waals surface area contributed by atoms with Crippen LogP contribution >= 0.6 is 0 Å². The molecule has 0 aliphatic carbocycles. The maximum Gasteiger partial charge on any atom is 0.338 e. The van der Waals surface area contributed by atoms with Crippen molar-refractivity contribution in [3.63, 3.8) is 0 Å². The second-order valence-corrected chi connectivity index (χ2v) is 5.60. The van der Waals surface area contributed by atoms with Gasteiger partial charge in [0.1, 0.15) is 5.82 Å². The zero-order valence-corrected chi connectivity index (χ0v) is 12.5. The van der Waals surface area contributed by atoms with Gasteiger partial charge in [0.15, 0.2) is 0 Å². The standard InChI is InChI=1S/C15H22FN3O2/c1-17(2)5-6-18-7-9-19(10-8-18)12-3-4-13(15(20)21)14(16)11-12/h3-4,11H,5-10H2,1-2H3,(H,20,21). The normalized spacial score (nSPS) is 16.5. The van der Waals surface area contributed by atoms with E-state index in [1.165, 1.54) is 12.1 Å². The monoisotopic (exact) mass is 295 g/mol. The Balaban J connectivity index is 1.93. The van der Waals surface area contributed by atoms with Gasteiger partial charge in [-0.3, -0.25) is 4.90 Å². The first-order valence-corrected chi connectivity index (χ1v) is 7.12. The molecule has 1 fully saturated rings. The van der Waals surface area contributed by atoms with E-state index in [2.05, 4.69) is 28.8 Å². The number of benzene rings is 1. The highest BCUT2D eigenvalue weighted by Gasteiger charge is 2.19. The van der Waals surface area contributed by atoms with Gasteiger partial charge >= 0.3 is 5.97 Å². The Bertz CT molecular complexity index is 500. The molecule has 116 valence electrons. The van der Waals surface area contributed by atoms with Crippen molar-refractivity contribution in [2.24, 2.45) is 0 Å². The van der Waals surface area contributed by atoms with Crippen LogP contribution in [0.1, 0.15) is 10.4 Å². The zero-order chi connectivity index (χ0) is 15.4. The van der Waals surface area contributed by atoms with Crippen molar-refractivity contribution >= 4 is 11.7 Å². The molecule has 0 aromatic heterocycles. The van der Waals surface area contributed by atoms with Crippen molar-refractivity contribution in [2.75, 3.05) is 58.3 Å². The third-order valence-corrected chi connectivity index (χ3v) is 3.78. The average Bonchev–Trinajstić information content (AvgIpc) is 2.45. The number of rotatable bonds is 5. The first kappa shape index (κ1) is 15.7. The van der Waals surface area contributed by atoms with E-state index in [0.717, 1.165) is 45.0 Å². The highest BCUT2D eigenvalue weighted by molar-refractivity contribution is 5.88. The smallest absolute Gasteiger partial charge is 0.338 e. The quantitative estimate of drug-likeness (QED) is 0.885. The molecule has 0 radical (unpaired) electrons. The van der Waals surface area contributed by atoms with Gasteiger partial charge in [0.2, 0.25) is 0 Å². The SMILES string of the molecule is CN(C)CCN1CCN(c2ccc(C(=O)O)c(F)c2)CC1. The molecule has 1 saturated heterocycles. The summed E-state index contributed by atoms with van der Waals surface area (Å²) in [5, 5.41) is 8.84. The Morgan fingerprint density at radius 2 is 1.95 bits per heavy atom. The summed E-state index contributed by atoms with van der Waals surface area (Å²) in [5.74, 6) is -1.90. The van der Waals surface area contributed by atoms with Crippen LogP contribution in [0.5, 0.6) is 0 Å². The van der Waals surface area contributed by atoms with Crippen molar-refractivity contribution in [3.8, 4) is 0 Å². The van der Waals surface area contributed by atoms with Crippen molar-refractivity contribution in [2.45, 2.75) is 0 Å². The number of anilines is 1. The second-order valence-electron chi connectivity index (χ2n) is 5.60. The molecular formula is C15H22FN3O2. The summed E-state index contributed by atoms with van der Waals surface area (Å²) < 4.78 is 13.7. The lowest BCUT2D eigenvalue weighted by Crippen LogP contribution is -2.48. The lowest BCUT2D eigenvalue weighted by atomic mass is 10.1. The predicted molar refractivity (Wildman–Crippen MR) is 80.6 cm³/mol. The Morgan fingerprint density at radius 1 is 1.29 bits per heavy atom. The van der Waals surface area contributed by atoms with Gasteiger partial charge in [-0.25, -0.2) is 9.18 Å². The first-order chi connectivity index (χ1) is 9.97. The summed E-state index contributed by atoms with van der Waals surface area (Å²) in [7, 11) is 4.12. The fourth-order valence-corrected chi connectivity index (χ4v) is 2.45. The minimum atomic E-state index is -1.23. The molecule has 2 rings (SSSR count). The van der Waals surface area contributed by atoms with E-state index in [-0.39, 0.29) is 5.56 Å². The molecule has 1 aliphatic heterocycles. The minimum Gasteiger partial charge on any atom is -0.478 e. The van der Waals surface area contributed by atoms with E-state index in [1.807, 2.05) is 0 Å². The Labute approximate surface area is 124 Å². The molecule has 1 heterocycles. The van der Waals surface area contributed by atoms with Crippen LogP contribution in [0.2, 0.25) is 0 Å². The molecule has 0 saturated carbocycles. The number of carboxylic acids is 1. The van der Waals surface area contributed by atoms with E-state index < -0.39 is 11.8 Å². The van der Waals surface area contributed by atoms with Crippen LogP contribution in [-0.2, 0) is 0 Å². The molecule has 0 spiro atoms. The Morgan fingerprint density at radius 3 is 2.48 bits per heavy atom. The predicted octanol–water partition coefficient (Wildman–Crippen LogP) is 1.21. The van der Waals surface area contributed by atoms with E-state index >= 15 is 0 Å². The molecule has 0 amide bonds. The fraction of sp³-hybridized carbons (Fsp3) is 0.533. The summed E-state index contributed by atoms with van der Waals surface area (Å²) in [6.07, 6.45) is 0. The van der Waals surface area contributed by atoms with Gasteiger partial charge in [0.05, 0.1) is 5.56 Å². The summed E-state index contributed by atoms with van der Waals surface area (Å²) >= 11 is 0. The van der Waals surface area contributed by atoms with Crippen LogP contribution in [-0.4, -0.2) is 74.2 Å². The van der Waals surface area contributed by atoms with Crippen molar-refractivity contribution in [1.29, 1.82) is 0 Å². The van der Waals surface area contributed by atoms with Gasteiger partial charge in [-0.1, -0.05) is 0 Å². The number of hydrogen-bond donors (Lipinski definition) is 1.